The van der Waals surface area contributed by atoms with E-state index in [-0.39, 0.29) is 12.5 Å². The van der Waals surface area contributed by atoms with Gasteiger partial charge in [-0.2, -0.15) is 0 Å². The molecule has 16 heavy (non-hydrogen) atoms. The zero-order chi connectivity index (χ0) is 11.5. The van der Waals surface area contributed by atoms with Gasteiger partial charge in [-0.3, -0.25) is 9.80 Å². The van der Waals surface area contributed by atoms with E-state index in [0.29, 0.717) is 6.54 Å². The van der Waals surface area contributed by atoms with E-state index in [1.54, 1.807) is 0 Å². The number of rotatable bonds is 3. The first-order chi connectivity index (χ1) is 7.72. The van der Waals surface area contributed by atoms with Crippen LogP contribution >= 0.6 is 0 Å². The number of hydrogen-bond donors (Lipinski definition) is 1. The highest BCUT2D eigenvalue weighted by atomic mass is 16.4. The summed E-state index contributed by atoms with van der Waals surface area (Å²) >= 11 is 0. The lowest BCUT2D eigenvalue weighted by molar-refractivity contribution is -0.141. The van der Waals surface area contributed by atoms with Gasteiger partial charge in [0.1, 0.15) is 0 Å². The van der Waals surface area contributed by atoms with Gasteiger partial charge in [0.25, 0.3) is 0 Å². The summed E-state index contributed by atoms with van der Waals surface area (Å²) < 4.78 is 0. The van der Waals surface area contributed by atoms with Crippen LogP contribution in [0.15, 0.2) is 35.6 Å². The fourth-order valence-corrected chi connectivity index (χ4v) is 2.14. The molecule has 0 saturated carbocycles. The third-order valence-electron chi connectivity index (χ3n) is 2.96. The molecule has 2 unspecified atom stereocenters. The minimum absolute atomic E-state index is 0.156. The van der Waals surface area contributed by atoms with Gasteiger partial charge in [0.05, 0.1) is 17.7 Å². The second-order valence-electron chi connectivity index (χ2n) is 3.92. The molecular formula is C11H12N2O3. The average molecular weight is 220 g/mol. The average Bonchev–Trinajstić information content (AvgIpc) is 2.74. The molecule has 1 aromatic rings. The van der Waals surface area contributed by atoms with E-state index in [0.717, 1.165) is 5.56 Å². The molecule has 0 amide bonds. The smallest absolute Gasteiger partial charge is 0.309 e. The first-order valence-electron chi connectivity index (χ1n) is 5.08. The number of hydrogen-bond acceptors (Lipinski definition) is 3. The molecule has 2 atom stereocenters. The van der Waals surface area contributed by atoms with Crippen molar-refractivity contribution in [1.82, 2.24) is 5.01 Å². The first-order valence-corrected chi connectivity index (χ1v) is 5.08. The topological polar surface area (TPSA) is 70.0 Å². The van der Waals surface area contributed by atoms with Crippen LogP contribution in [0.5, 0.6) is 0 Å². The Morgan fingerprint density at radius 1 is 1.31 bits per heavy atom. The lowest BCUT2D eigenvalue weighted by Gasteiger charge is -2.13. The van der Waals surface area contributed by atoms with Crippen LogP contribution in [-0.2, 0) is 4.79 Å². The molecule has 1 saturated heterocycles. The second-order valence-corrected chi connectivity index (χ2v) is 3.92. The van der Waals surface area contributed by atoms with Crippen molar-refractivity contribution in [2.45, 2.75) is 5.92 Å². The van der Waals surface area contributed by atoms with Gasteiger partial charge in [-0.15, -0.1) is 4.91 Å². The molecule has 0 aliphatic carbocycles. The fraction of sp³-hybridized carbons (Fsp3) is 0.364. The summed E-state index contributed by atoms with van der Waals surface area (Å²) in [7, 11) is 0. The van der Waals surface area contributed by atoms with Gasteiger partial charge in [-0.05, 0) is 5.56 Å². The standard InChI is InChI=1S/C11H12N2O3/c14-11(15)10-7-13(12-16)6-9(10)8-4-2-1-3-5-8/h1-5,9-10H,6-7H2,(H,14,15). The molecule has 84 valence electrons. The first kappa shape index (κ1) is 10.6. The van der Waals surface area contributed by atoms with Crippen molar-refractivity contribution in [3.8, 4) is 0 Å². The molecule has 5 heteroatoms. The predicted octanol–water partition coefficient (Wildman–Crippen LogP) is 1.47. The van der Waals surface area contributed by atoms with Crippen LogP contribution in [0.4, 0.5) is 0 Å². The Labute approximate surface area is 92.6 Å². The van der Waals surface area contributed by atoms with E-state index < -0.39 is 11.9 Å². The highest BCUT2D eigenvalue weighted by Crippen LogP contribution is 2.32. The summed E-state index contributed by atoms with van der Waals surface area (Å²) in [4.78, 5) is 21.5. The largest absolute Gasteiger partial charge is 0.481 e. The Morgan fingerprint density at radius 3 is 2.56 bits per heavy atom. The lowest BCUT2D eigenvalue weighted by Crippen LogP contribution is -2.21. The Bertz CT molecular complexity index is 393. The molecule has 1 fully saturated rings. The molecule has 1 N–H and O–H groups in total. The molecule has 5 nitrogen and oxygen atoms in total. The van der Waals surface area contributed by atoms with Gasteiger partial charge in [0.15, 0.2) is 0 Å². The second kappa shape index (κ2) is 4.30. The Morgan fingerprint density at radius 2 is 2.00 bits per heavy atom. The van der Waals surface area contributed by atoms with Crippen molar-refractivity contribution >= 4 is 5.97 Å². The maximum atomic E-state index is 11.1. The van der Waals surface area contributed by atoms with Crippen LogP contribution in [0.1, 0.15) is 11.5 Å². The summed E-state index contributed by atoms with van der Waals surface area (Å²) in [6.07, 6.45) is 0. The van der Waals surface area contributed by atoms with Gasteiger partial charge in [0, 0.05) is 12.5 Å². The van der Waals surface area contributed by atoms with E-state index in [9.17, 15) is 9.70 Å². The zero-order valence-corrected chi connectivity index (χ0v) is 8.61. The number of benzene rings is 1. The van der Waals surface area contributed by atoms with Crippen LogP contribution in [0, 0.1) is 10.8 Å². The summed E-state index contributed by atoms with van der Waals surface area (Å²) in [5, 5.41) is 13.2. The Hall–Kier alpha value is -1.91. The van der Waals surface area contributed by atoms with Crippen LogP contribution in [0.2, 0.25) is 0 Å². The lowest BCUT2D eigenvalue weighted by atomic mass is 9.89. The SMILES string of the molecule is O=NN1CC(C(=O)O)C(c2ccccc2)C1. The van der Waals surface area contributed by atoms with E-state index in [1.807, 2.05) is 30.3 Å². The van der Waals surface area contributed by atoms with Crippen LogP contribution in [0.3, 0.4) is 0 Å². The number of carboxylic acids is 1. The van der Waals surface area contributed by atoms with Crippen LogP contribution < -0.4 is 0 Å². The zero-order valence-electron chi connectivity index (χ0n) is 8.61. The number of nitroso groups, excluding NO2 is 1. The molecule has 0 aromatic heterocycles. The summed E-state index contributed by atoms with van der Waals surface area (Å²) in [6.45, 7) is 0.572. The van der Waals surface area contributed by atoms with E-state index in [1.165, 1.54) is 5.01 Å². The molecule has 1 aromatic carbocycles. The van der Waals surface area contributed by atoms with Crippen molar-refractivity contribution < 1.29 is 9.90 Å². The normalized spacial score (nSPS) is 24.4. The predicted molar refractivity (Wildman–Crippen MR) is 57.7 cm³/mol. The van der Waals surface area contributed by atoms with Gasteiger partial charge in [-0.1, -0.05) is 30.3 Å². The summed E-state index contributed by atoms with van der Waals surface area (Å²) in [6, 6.07) is 9.38. The minimum atomic E-state index is -0.875. The quantitative estimate of drug-likeness (QED) is 0.783. The monoisotopic (exact) mass is 220 g/mol. The maximum Gasteiger partial charge on any atom is 0.309 e. The van der Waals surface area contributed by atoms with Crippen molar-refractivity contribution in [2.24, 2.45) is 11.2 Å². The highest BCUT2D eigenvalue weighted by molar-refractivity contribution is 5.72. The van der Waals surface area contributed by atoms with E-state index in [2.05, 4.69) is 5.29 Å². The fourth-order valence-electron chi connectivity index (χ4n) is 2.14. The molecule has 1 heterocycles. The van der Waals surface area contributed by atoms with Crippen LogP contribution in [-0.4, -0.2) is 29.2 Å². The molecule has 2 rings (SSSR count). The molecule has 1 aliphatic heterocycles. The third kappa shape index (κ3) is 1.88. The number of aliphatic carboxylic acids is 1. The number of carboxylic acid groups (broad SMARTS) is 1. The maximum absolute atomic E-state index is 11.1. The molecular weight excluding hydrogens is 208 g/mol. The van der Waals surface area contributed by atoms with E-state index >= 15 is 0 Å². The summed E-state index contributed by atoms with van der Waals surface area (Å²) in [5.41, 5.74) is 0.945. The molecule has 1 aliphatic rings. The van der Waals surface area contributed by atoms with Gasteiger partial charge >= 0.3 is 5.97 Å². The van der Waals surface area contributed by atoms with E-state index in [4.69, 9.17) is 5.11 Å². The van der Waals surface area contributed by atoms with Crippen molar-refractivity contribution in [3.63, 3.8) is 0 Å². The third-order valence-corrected chi connectivity index (χ3v) is 2.96. The van der Waals surface area contributed by atoms with Crippen molar-refractivity contribution in [2.75, 3.05) is 13.1 Å². The van der Waals surface area contributed by atoms with Crippen molar-refractivity contribution in [3.05, 3.63) is 40.8 Å². The highest BCUT2D eigenvalue weighted by Gasteiger charge is 2.38. The minimum Gasteiger partial charge on any atom is -0.481 e. The van der Waals surface area contributed by atoms with Crippen molar-refractivity contribution in [1.29, 1.82) is 0 Å². The Kier molecular flexibility index (Phi) is 2.85. The summed E-state index contributed by atoms with van der Waals surface area (Å²) in [5.74, 6) is -1.59. The van der Waals surface area contributed by atoms with Crippen LogP contribution in [0.25, 0.3) is 0 Å². The molecule has 0 radical (unpaired) electrons. The van der Waals surface area contributed by atoms with Gasteiger partial charge < -0.3 is 5.11 Å². The Balaban J connectivity index is 2.25. The van der Waals surface area contributed by atoms with Gasteiger partial charge in [0.2, 0.25) is 0 Å². The van der Waals surface area contributed by atoms with Gasteiger partial charge in [-0.25, -0.2) is 0 Å². The molecule has 0 bridgehead atoms. The number of carbonyl (C=O) groups is 1. The molecule has 0 spiro atoms. The number of nitrogens with zero attached hydrogens (tertiary/aromatic N) is 2.